The summed E-state index contributed by atoms with van der Waals surface area (Å²) in [6.07, 6.45) is 0. The number of rotatable bonds is 2. The molecule has 1 aromatic carbocycles. The number of nitrogens with one attached hydrogen (secondary N) is 1. The summed E-state index contributed by atoms with van der Waals surface area (Å²) in [5, 5.41) is 12.2. The van der Waals surface area contributed by atoms with Gasteiger partial charge in [-0.05, 0) is 19.1 Å². The Morgan fingerprint density at radius 3 is 2.15 bits per heavy atom. The lowest BCUT2D eigenvalue weighted by Gasteiger charge is -2.17. The quantitative estimate of drug-likeness (QED) is 0.883. The van der Waals surface area contributed by atoms with Crippen LogP contribution in [0.3, 0.4) is 0 Å². The number of aromatic nitrogens is 2. The van der Waals surface area contributed by atoms with Crippen LogP contribution < -0.4 is 5.56 Å². The normalized spacial score (nSPS) is 11.6. The molecule has 0 aliphatic heterocycles. The van der Waals surface area contributed by atoms with Crippen LogP contribution in [0.25, 0.3) is 5.69 Å². The number of carbonyl (C=O) groups is 1. The highest BCUT2D eigenvalue weighted by atomic mass is 16.4. The maximum absolute atomic E-state index is 12.3. The molecule has 2 aromatic rings. The van der Waals surface area contributed by atoms with Gasteiger partial charge in [0.1, 0.15) is 5.56 Å². The lowest BCUT2D eigenvalue weighted by Crippen LogP contribution is -2.22. The first-order valence-electron chi connectivity index (χ1n) is 6.37. The topological polar surface area (TPSA) is 75.1 Å². The lowest BCUT2D eigenvalue weighted by atomic mass is 9.89. The molecule has 106 valence electrons. The van der Waals surface area contributed by atoms with Crippen molar-refractivity contribution in [1.82, 2.24) is 9.78 Å². The first-order chi connectivity index (χ1) is 9.21. The first kappa shape index (κ1) is 14.1. The van der Waals surface area contributed by atoms with Crippen LogP contribution in [0, 0.1) is 6.92 Å². The van der Waals surface area contributed by atoms with Gasteiger partial charge < -0.3 is 5.11 Å². The number of aryl methyl sites for hydroxylation is 1. The molecule has 0 spiro atoms. The van der Waals surface area contributed by atoms with Gasteiger partial charge in [0.25, 0.3) is 5.56 Å². The van der Waals surface area contributed by atoms with E-state index in [1.165, 1.54) is 4.68 Å². The summed E-state index contributed by atoms with van der Waals surface area (Å²) >= 11 is 0. The number of carboxylic acid groups (broad SMARTS) is 1. The van der Waals surface area contributed by atoms with Gasteiger partial charge in [-0.2, -0.15) is 0 Å². The minimum Gasteiger partial charge on any atom is -0.477 e. The second kappa shape index (κ2) is 4.67. The number of carboxylic acids is 1. The monoisotopic (exact) mass is 274 g/mol. The van der Waals surface area contributed by atoms with Gasteiger partial charge in [0, 0.05) is 5.41 Å². The minimum atomic E-state index is -1.21. The predicted molar refractivity (Wildman–Crippen MR) is 76.8 cm³/mol. The maximum atomic E-state index is 12.3. The smallest absolute Gasteiger partial charge is 0.343 e. The Labute approximate surface area is 116 Å². The van der Waals surface area contributed by atoms with Crippen molar-refractivity contribution in [3.05, 3.63) is 51.4 Å². The van der Waals surface area contributed by atoms with Crippen molar-refractivity contribution in [2.45, 2.75) is 33.1 Å². The van der Waals surface area contributed by atoms with Crippen molar-refractivity contribution in [1.29, 1.82) is 0 Å². The van der Waals surface area contributed by atoms with Crippen LogP contribution >= 0.6 is 0 Å². The fraction of sp³-hybridized carbons (Fsp3) is 0.333. The molecule has 1 aromatic heterocycles. The van der Waals surface area contributed by atoms with Gasteiger partial charge in [-0.25, -0.2) is 9.48 Å². The van der Waals surface area contributed by atoms with Crippen LogP contribution in [0.5, 0.6) is 0 Å². The van der Waals surface area contributed by atoms with Crippen molar-refractivity contribution in [3.63, 3.8) is 0 Å². The second-order valence-corrected chi connectivity index (χ2v) is 5.89. The Bertz CT molecular complexity index is 700. The molecule has 5 heteroatoms. The van der Waals surface area contributed by atoms with Gasteiger partial charge in [-0.1, -0.05) is 38.5 Å². The van der Waals surface area contributed by atoms with Crippen LogP contribution in [0.15, 0.2) is 29.1 Å². The van der Waals surface area contributed by atoms with Crippen molar-refractivity contribution in [3.8, 4) is 5.69 Å². The van der Waals surface area contributed by atoms with E-state index in [1.54, 1.807) is 12.1 Å². The average molecular weight is 274 g/mol. The van der Waals surface area contributed by atoms with E-state index >= 15 is 0 Å². The second-order valence-electron chi connectivity index (χ2n) is 5.89. The Hall–Kier alpha value is -2.30. The summed E-state index contributed by atoms with van der Waals surface area (Å²) < 4.78 is 1.28. The molecule has 20 heavy (non-hydrogen) atoms. The van der Waals surface area contributed by atoms with Crippen LogP contribution in [-0.2, 0) is 5.41 Å². The van der Waals surface area contributed by atoms with Gasteiger partial charge in [-0.15, -0.1) is 0 Å². The largest absolute Gasteiger partial charge is 0.477 e. The van der Waals surface area contributed by atoms with Gasteiger partial charge >= 0.3 is 5.97 Å². The molecule has 0 amide bonds. The van der Waals surface area contributed by atoms with E-state index < -0.39 is 16.9 Å². The van der Waals surface area contributed by atoms with E-state index in [2.05, 4.69) is 5.10 Å². The molecule has 0 saturated heterocycles. The molecular formula is C15H18N2O3. The minimum absolute atomic E-state index is 0.196. The molecule has 0 unspecified atom stereocenters. The van der Waals surface area contributed by atoms with Crippen LogP contribution in [0.4, 0.5) is 0 Å². The highest BCUT2D eigenvalue weighted by molar-refractivity contribution is 5.89. The van der Waals surface area contributed by atoms with Crippen LogP contribution in [0.1, 0.15) is 42.4 Å². The molecule has 0 saturated carbocycles. The Morgan fingerprint density at radius 1 is 1.20 bits per heavy atom. The SMILES string of the molecule is Cc1ccc(-n2[nH]c(C(C)(C)C)c(C(=O)O)c2=O)cc1. The Balaban J connectivity index is 2.71. The number of aromatic carboxylic acids is 1. The van der Waals surface area contributed by atoms with Crippen molar-refractivity contribution in [2.24, 2.45) is 0 Å². The summed E-state index contributed by atoms with van der Waals surface area (Å²) in [5.41, 5.74) is 0.935. The average Bonchev–Trinajstić information content (AvgIpc) is 2.68. The summed E-state index contributed by atoms with van der Waals surface area (Å²) in [4.78, 5) is 23.7. The zero-order valence-corrected chi connectivity index (χ0v) is 12.0. The Kier molecular flexibility index (Phi) is 3.29. The molecule has 0 atom stereocenters. The first-order valence-corrected chi connectivity index (χ1v) is 6.37. The molecule has 0 aliphatic rings. The zero-order valence-electron chi connectivity index (χ0n) is 12.0. The zero-order chi connectivity index (χ0) is 15.1. The number of hydrogen-bond acceptors (Lipinski definition) is 2. The van der Waals surface area contributed by atoms with Gasteiger partial charge in [0.2, 0.25) is 0 Å². The number of hydrogen-bond donors (Lipinski definition) is 2. The summed E-state index contributed by atoms with van der Waals surface area (Å²) in [6.45, 7) is 7.54. The highest BCUT2D eigenvalue weighted by Crippen LogP contribution is 2.23. The van der Waals surface area contributed by atoms with E-state index in [0.717, 1.165) is 5.56 Å². The standard InChI is InChI=1S/C15H18N2O3/c1-9-5-7-10(8-6-9)17-13(18)11(14(19)20)12(16-17)15(2,3)4/h5-8,16H,1-4H3,(H,19,20). The molecule has 2 rings (SSSR count). The van der Waals surface area contributed by atoms with E-state index in [-0.39, 0.29) is 5.56 Å². The molecule has 0 aliphatic carbocycles. The van der Waals surface area contributed by atoms with E-state index in [9.17, 15) is 14.7 Å². The number of aromatic amines is 1. The number of H-pyrrole nitrogens is 1. The summed E-state index contributed by atoms with van der Waals surface area (Å²) in [7, 11) is 0. The van der Waals surface area contributed by atoms with E-state index in [0.29, 0.717) is 11.4 Å². The van der Waals surface area contributed by atoms with Gasteiger partial charge in [0.15, 0.2) is 0 Å². The van der Waals surface area contributed by atoms with Crippen LogP contribution in [0.2, 0.25) is 0 Å². The van der Waals surface area contributed by atoms with E-state index in [4.69, 9.17) is 0 Å². The molecule has 5 nitrogen and oxygen atoms in total. The predicted octanol–water partition coefficient (Wildman–Crippen LogP) is 2.47. The highest BCUT2D eigenvalue weighted by Gasteiger charge is 2.28. The molecule has 1 heterocycles. The fourth-order valence-electron chi connectivity index (χ4n) is 2.05. The summed E-state index contributed by atoms with van der Waals surface area (Å²) in [5.74, 6) is -1.21. The maximum Gasteiger partial charge on any atom is 0.343 e. The third-order valence-electron chi connectivity index (χ3n) is 3.15. The molecule has 2 N–H and O–H groups in total. The molecule has 0 radical (unpaired) electrons. The van der Waals surface area contributed by atoms with Crippen molar-refractivity contribution in [2.75, 3.05) is 0 Å². The summed E-state index contributed by atoms with van der Waals surface area (Å²) in [6, 6.07) is 7.32. The molecular weight excluding hydrogens is 256 g/mol. The molecule has 0 fully saturated rings. The third kappa shape index (κ3) is 2.39. The number of nitrogens with zero attached hydrogens (tertiary/aromatic N) is 1. The third-order valence-corrected chi connectivity index (χ3v) is 3.15. The molecule has 0 bridgehead atoms. The fourth-order valence-corrected chi connectivity index (χ4v) is 2.05. The number of benzene rings is 1. The van der Waals surface area contributed by atoms with Crippen LogP contribution in [-0.4, -0.2) is 20.9 Å². The van der Waals surface area contributed by atoms with Gasteiger partial charge in [0.05, 0.1) is 11.4 Å². The lowest BCUT2D eigenvalue weighted by molar-refractivity contribution is 0.0692. The van der Waals surface area contributed by atoms with Crippen molar-refractivity contribution < 1.29 is 9.90 Å². The Morgan fingerprint density at radius 2 is 1.75 bits per heavy atom. The van der Waals surface area contributed by atoms with Crippen molar-refractivity contribution >= 4 is 5.97 Å². The van der Waals surface area contributed by atoms with E-state index in [1.807, 2.05) is 39.8 Å². The van der Waals surface area contributed by atoms with Gasteiger partial charge in [-0.3, -0.25) is 9.89 Å².